The molecule has 0 spiro atoms. The van der Waals surface area contributed by atoms with Crippen LogP contribution in [0.4, 0.5) is 13.2 Å². The van der Waals surface area contributed by atoms with Crippen LogP contribution in [0.25, 0.3) is 10.9 Å². The summed E-state index contributed by atoms with van der Waals surface area (Å²) in [4.78, 5) is 25.1. The maximum absolute atomic E-state index is 12.9. The van der Waals surface area contributed by atoms with E-state index in [1.165, 1.54) is 17.0 Å². The molecule has 1 fully saturated rings. The minimum absolute atomic E-state index is 0.125. The van der Waals surface area contributed by atoms with Gasteiger partial charge in [0.1, 0.15) is 5.69 Å². The first kappa shape index (κ1) is 18.2. The van der Waals surface area contributed by atoms with Gasteiger partial charge in [-0.15, -0.1) is 0 Å². The number of fused-ring (bicyclic) bond motifs is 1. The Balaban J connectivity index is 1.88. The van der Waals surface area contributed by atoms with Crippen molar-refractivity contribution in [3.8, 4) is 0 Å². The molecule has 1 aromatic heterocycles. The number of morpholine rings is 1. The Bertz CT molecular complexity index is 860. The number of aryl methyl sites for hydroxylation is 1. The van der Waals surface area contributed by atoms with Crippen molar-refractivity contribution in [3.63, 3.8) is 0 Å². The molecule has 6 nitrogen and oxygen atoms in total. The average molecular weight is 370 g/mol. The van der Waals surface area contributed by atoms with Gasteiger partial charge in [-0.25, -0.2) is 0 Å². The van der Waals surface area contributed by atoms with Crippen LogP contribution in [0.15, 0.2) is 24.3 Å². The molecule has 2 heterocycles. The Kier molecular flexibility index (Phi) is 4.66. The van der Waals surface area contributed by atoms with Crippen LogP contribution in [-0.4, -0.2) is 52.3 Å². The van der Waals surface area contributed by atoms with E-state index < -0.39 is 23.8 Å². The number of carboxylic acid groups (broad SMARTS) is 1. The van der Waals surface area contributed by atoms with Gasteiger partial charge in [0.25, 0.3) is 5.91 Å². The predicted octanol–water partition coefficient (Wildman–Crippen LogP) is 2.51. The number of ether oxygens (including phenoxy) is 1. The molecular formula is C17H17F3N2O4. The highest BCUT2D eigenvalue weighted by Crippen LogP contribution is 2.32. The van der Waals surface area contributed by atoms with E-state index in [1.54, 1.807) is 11.6 Å². The van der Waals surface area contributed by atoms with Crippen LogP contribution in [0, 0.1) is 0 Å². The summed E-state index contributed by atoms with van der Waals surface area (Å²) in [7, 11) is 1.61. The number of alkyl halides is 3. The number of amides is 1. The van der Waals surface area contributed by atoms with Gasteiger partial charge in [0.2, 0.25) is 0 Å². The number of carbonyl (C=O) groups is 2. The summed E-state index contributed by atoms with van der Waals surface area (Å²) in [5.74, 6) is -1.38. The lowest BCUT2D eigenvalue weighted by molar-refractivity contribution is -0.141. The Labute approximate surface area is 146 Å². The molecule has 1 aliphatic heterocycles. The molecule has 1 atom stereocenters. The summed E-state index contributed by atoms with van der Waals surface area (Å²) >= 11 is 0. The summed E-state index contributed by atoms with van der Waals surface area (Å²) in [5, 5.41) is 9.18. The highest BCUT2D eigenvalue weighted by molar-refractivity contribution is 5.99. The van der Waals surface area contributed by atoms with E-state index in [1.807, 2.05) is 0 Å². The second-order valence-electron chi connectivity index (χ2n) is 6.20. The number of hydrogen-bond donors (Lipinski definition) is 1. The number of carbonyl (C=O) groups excluding carboxylic acids is 1. The summed E-state index contributed by atoms with van der Waals surface area (Å²) < 4.78 is 45.5. The quantitative estimate of drug-likeness (QED) is 0.901. The fourth-order valence-electron chi connectivity index (χ4n) is 3.12. The molecule has 0 unspecified atom stereocenters. The van der Waals surface area contributed by atoms with E-state index in [9.17, 15) is 22.8 Å². The number of carboxylic acids is 1. The van der Waals surface area contributed by atoms with Crippen molar-refractivity contribution in [2.24, 2.45) is 7.05 Å². The van der Waals surface area contributed by atoms with Crippen molar-refractivity contribution < 1.29 is 32.6 Å². The Morgan fingerprint density at radius 1 is 1.31 bits per heavy atom. The highest BCUT2D eigenvalue weighted by atomic mass is 19.4. The number of benzene rings is 1. The maximum Gasteiger partial charge on any atom is 0.416 e. The van der Waals surface area contributed by atoms with Gasteiger partial charge in [-0.2, -0.15) is 13.2 Å². The molecular weight excluding hydrogens is 353 g/mol. The first-order chi connectivity index (χ1) is 12.2. The topological polar surface area (TPSA) is 71.8 Å². The van der Waals surface area contributed by atoms with E-state index in [-0.39, 0.29) is 31.2 Å². The van der Waals surface area contributed by atoms with E-state index in [2.05, 4.69) is 0 Å². The lowest BCUT2D eigenvalue weighted by Crippen LogP contribution is -2.46. The van der Waals surface area contributed by atoms with Crippen LogP contribution in [0.5, 0.6) is 0 Å². The van der Waals surface area contributed by atoms with Gasteiger partial charge < -0.3 is 19.3 Å². The highest BCUT2D eigenvalue weighted by Gasteiger charge is 2.32. The van der Waals surface area contributed by atoms with Gasteiger partial charge in [0, 0.05) is 31.0 Å². The third kappa shape index (κ3) is 3.52. The van der Waals surface area contributed by atoms with E-state index in [4.69, 9.17) is 9.84 Å². The van der Waals surface area contributed by atoms with Crippen molar-refractivity contribution in [1.82, 2.24) is 9.47 Å². The molecule has 2 aromatic rings. The molecule has 140 valence electrons. The van der Waals surface area contributed by atoms with Crippen LogP contribution in [0.1, 0.15) is 22.5 Å². The number of aliphatic carboxylic acids is 1. The molecule has 26 heavy (non-hydrogen) atoms. The predicted molar refractivity (Wildman–Crippen MR) is 85.8 cm³/mol. The van der Waals surface area contributed by atoms with Crippen molar-refractivity contribution in [3.05, 3.63) is 35.5 Å². The maximum atomic E-state index is 12.9. The third-order valence-corrected chi connectivity index (χ3v) is 4.42. The number of halogens is 3. The first-order valence-electron chi connectivity index (χ1n) is 7.96. The summed E-state index contributed by atoms with van der Waals surface area (Å²) in [5.41, 5.74) is -0.0190. The summed E-state index contributed by atoms with van der Waals surface area (Å²) in [6, 6.07) is 4.75. The van der Waals surface area contributed by atoms with Gasteiger partial charge in [-0.05, 0) is 24.3 Å². The zero-order valence-corrected chi connectivity index (χ0v) is 13.9. The third-order valence-electron chi connectivity index (χ3n) is 4.42. The van der Waals surface area contributed by atoms with Crippen molar-refractivity contribution in [2.45, 2.75) is 18.7 Å². The lowest BCUT2D eigenvalue weighted by atomic mass is 10.1. The van der Waals surface area contributed by atoms with Crippen molar-refractivity contribution in [2.75, 3.05) is 19.7 Å². The minimum Gasteiger partial charge on any atom is -0.481 e. The molecule has 3 rings (SSSR count). The number of nitrogens with zero attached hydrogens (tertiary/aromatic N) is 2. The smallest absolute Gasteiger partial charge is 0.416 e. The molecule has 0 radical (unpaired) electrons. The second-order valence-corrected chi connectivity index (χ2v) is 6.20. The largest absolute Gasteiger partial charge is 0.481 e. The molecule has 0 bridgehead atoms. The molecule has 1 N–H and O–H groups in total. The molecule has 0 aliphatic carbocycles. The molecule has 1 amide bonds. The average Bonchev–Trinajstić information content (AvgIpc) is 2.89. The number of aromatic nitrogens is 1. The van der Waals surface area contributed by atoms with Crippen LogP contribution in [-0.2, 0) is 22.8 Å². The molecule has 0 saturated carbocycles. The molecule has 1 saturated heterocycles. The minimum atomic E-state index is -4.46. The van der Waals surface area contributed by atoms with Gasteiger partial charge in [-0.1, -0.05) is 0 Å². The second kappa shape index (κ2) is 6.64. The first-order valence-corrected chi connectivity index (χ1v) is 7.96. The molecule has 9 heteroatoms. The number of hydrogen-bond acceptors (Lipinski definition) is 3. The van der Waals surface area contributed by atoms with E-state index >= 15 is 0 Å². The van der Waals surface area contributed by atoms with Crippen LogP contribution in [0.2, 0.25) is 0 Å². The standard InChI is InChI=1S/C17H17F3N2O4/c1-21-13-3-2-11(17(18,19)20)6-10(13)7-14(21)16(25)22-4-5-26-12(9-22)8-15(23)24/h2-3,6-7,12H,4-5,8-9H2,1H3,(H,23,24)/t12-/m0/s1. The Hall–Kier alpha value is -2.55. The van der Waals surface area contributed by atoms with Gasteiger partial charge >= 0.3 is 12.1 Å². The van der Waals surface area contributed by atoms with Crippen molar-refractivity contribution >= 4 is 22.8 Å². The van der Waals surface area contributed by atoms with Crippen molar-refractivity contribution in [1.29, 1.82) is 0 Å². The number of rotatable bonds is 3. The molecule has 1 aromatic carbocycles. The SMILES string of the molecule is Cn1c(C(=O)N2CCO[C@@H](CC(=O)O)C2)cc2cc(C(F)(F)F)ccc21. The van der Waals surface area contributed by atoms with Gasteiger partial charge in [0.15, 0.2) is 0 Å². The zero-order chi connectivity index (χ0) is 19.1. The summed E-state index contributed by atoms with van der Waals surface area (Å²) in [6.45, 7) is 0.636. The van der Waals surface area contributed by atoms with Crippen LogP contribution >= 0.6 is 0 Å². The normalized spacial score (nSPS) is 18.3. The lowest BCUT2D eigenvalue weighted by Gasteiger charge is -2.32. The van der Waals surface area contributed by atoms with Gasteiger partial charge in [0.05, 0.1) is 24.7 Å². The van der Waals surface area contributed by atoms with Gasteiger partial charge in [-0.3, -0.25) is 9.59 Å². The Morgan fingerprint density at radius 3 is 2.69 bits per heavy atom. The van der Waals surface area contributed by atoms with E-state index in [0.717, 1.165) is 12.1 Å². The van der Waals surface area contributed by atoms with E-state index in [0.29, 0.717) is 17.4 Å². The fourth-order valence-corrected chi connectivity index (χ4v) is 3.12. The Morgan fingerprint density at radius 2 is 2.04 bits per heavy atom. The molecule has 1 aliphatic rings. The zero-order valence-electron chi connectivity index (χ0n) is 13.9. The van der Waals surface area contributed by atoms with Crippen LogP contribution < -0.4 is 0 Å². The monoisotopic (exact) mass is 370 g/mol. The fraction of sp³-hybridized carbons (Fsp3) is 0.412. The summed E-state index contributed by atoms with van der Waals surface area (Å²) in [6.07, 6.45) is -5.27. The van der Waals surface area contributed by atoms with Crippen LogP contribution in [0.3, 0.4) is 0 Å².